The number of carbonyl (C=O) groups excluding carboxylic acids is 8. The molecule has 702 valence electrons. The van der Waals surface area contributed by atoms with Crippen LogP contribution in [0.4, 0.5) is 32.3 Å². The minimum atomic E-state index is -2.14. The van der Waals surface area contributed by atoms with Gasteiger partial charge in [0.05, 0.1) is 138 Å². The lowest BCUT2D eigenvalue weighted by Crippen LogP contribution is -2.46. The quantitative estimate of drug-likeness (QED) is 0.00800. The number of hydrogen-bond acceptors (Lipinski definition) is 30. The second kappa shape index (κ2) is 46.6. The number of ether oxygens (including phenoxy) is 10. The number of nitrogens with one attached hydrogen (secondary N) is 2. The van der Waals surface area contributed by atoms with Crippen LogP contribution in [0, 0.1) is 20.2 Å². The van der Waals surface area contributed by atoms with Crippen molar-refractivity contribution in [2.45, 2.75) is 163 Å². The Morgan fingerprint density at radius 1 is 0.504 bits per heavy atom. The van der Waals surface area contributed by atoms with E-state index in [0.29, 0.717) is 188 Å². The number of carbonyl (C=O) groups is 8. The molecule has 6 aromatic rings. The maximum absolute atomic E-state index is 14.5. The smallest absolute Gasteiger partial charge is 0.411 e. The third kappa shape index (κ3) is 26.3. The van der Waals surface area contributed by atoms with Gasteiger partial charge >= 0.3 is 12.2 Å². The summed E-state index contributed by atoms with van der Waals surface area (Å²) in [6.45, 7) is 29.8. The fourth-order valence-electron chi connectivity index (χ4n) is 15.2. The first-order valence-corrected chi connectivity index (χ1v) is 50.5. The highest BCUT2D eigenvalue weighted by atomic mass is 33.1. The molecular formula is C92H112N10O24S4Si. The number of ketones is 2. The summed E-state index contributed by atoms with van der Waals surface area (Å²) in [5.74, 6) is 2.86. The lowest BCUT2D eigenvalue weighted by atomic mass is 9.99. The maximum Gasteiger partial charge on any atom is 0.411 e. The van der Waals surface area contributed by atoms with E-state index in [4.69, 9.17) is 51.8 Å². The molecule has 6 amide bonds. The van der Waals surface area contributed by atoms with Gasteiger partial charge in [-0.25, -0.2) is 19.6 Å². The fraction of sp³-hybridized carbons (Fsp3) is 0.457. The molecule has 6 aliphatic heterocycles. The number of Topliss-reactive ketones (excluding diaryl/α,β-unsaturated/α-hetero) is 2. The number of fused-ring (bicyclic) bond motifs is 4. The van der Waals surface area contributed by atoms with Gasteiger partial charge in [-0.2, -0.15) is 0 Å². The Balaban J connectivity index is 0.000000254. The van der Waals surface area contributed by atoms with Crippen LogP contribution >= 0.6 is 43.2 Å². The van der Waals surface area contributed by atoms with E-state index in [1.807, 2.05) is 0 Å². The fourth-order valence-corrected chi connectivity index (χ4v) is 20.1. The van der Waals surface area contributed by atoms with Gasteiger partial charge in [0, 0.05) is 85.9 Å². The van der Waals surface area contributed by atoms with Crippen molar-refractivity contribution < 1.29 is 105 Å². The summed E-state index contributed by atoms with van der Waals surface area (Å²) in [7, 11) is 9.45. The molecule has 4 atom stereocenters. The summed E-state index contributed by atoms with van der Waals surface area (Å²) in [4.78, 5) is 143. The number of amides is 6. The van der Waals surface area contributed by atoms with Crippen molar-refractivity contribution in [1.29, 1.82) is 0 Å². The molecule has 0 aliphatic carbocycles. The standard InChI is InChI=1S/C49H63N5O12S2Si.C43H49N5O12S2/c1-31-20-35(30-66-69(8,9)49(3,4)5)52(28-31)47(57)37-25-42(62-7)44(26-38(37)51-48(58)65-18-13-19-67-68-45-15-14-34(27-50-45)54(59)60)64-17-12-10-11-16-63-43-23-33-22-40(55)39-21-32(2)29-53(39)46(56)36(33)24-41(43)61-6;1-26-15-30(25-49)46(23-26)42(52)32-20-37(57-4)39(21-33(32)45-43(53)60-13-8-14-61-62-40-10-9-29(22-44-40)48(54)55)59-12-7-5-6-11-58-38-18-28-17-35(50)34-16-27(2)24-47(34)41(51)31(28)19-36(38)56-3/h14-15,23-27,35,39H,1-2,10-13,16-22,28-30H2,3-9H3,(H,51,58);9-10,18-22,30,34,49H,1-2,5-8,11-17,23-25H2,3-4H3,(H,45,53)/t35-,39-;30-,34-/m00/s1. The number of aliphatic hydroxyl groups excluding tert-OH is 1. The van der Waals surface area contributed by atoms with E-state index in [1.54, 1.807) is 63.2 Å². The van der Waals surface area contributed by atoms with E-state index in [-0.39, 0.29) is 138 Å². The molecule has 6 aliphatic rings. The molecule has 3 N–H and O–H groups in total. The summed E-state index contributed by atoms with van der Waals surface area (Å²) in [5.41, 5.74) is 5.96. The molecule has 0 unspecified atom stereocenters. The van der Waals surface area contributed by atoms with Crippen molar-refractivity contribution >= 4 is 122 Å². The number of hydrogen-bond donors (Lipinski definition) is 3. The summed E-state index contributed by atoms with van der Waals surface area (Å²) in [6.07, 6.45) is 8.11. The number of rotatable bonds is 42. The van der Waals surface area contributed by atoms with Gasteiger partial charge in [-0.1, -0.05) is 91.0 Å². The number of anilines is 2. The van der Waals surface area contributed by atoms with E-state index in [2.05, 4.69) is 80.8 Å². The average Bonchev–Trinajstić information content (AvgIpc) is 1.65. The third-order valence-corrected chi connectivity index (χ3v) is 32.3. The first-order valence-electron chi connectivity index (χ1n) is 43.0. The largest absolute Gasteiger partial charge is 0.493 e. The van der Waals surface area contributed by atoms with Gasteiger partial charge in [-0.15, -0.1) is 0 Å². The molecule has 8 heterocycles. The second-order valence-electron chi connectivity index (χ2n) is 33.6. The lowest BCUT2D eigenvalue weighted by Gasteiger charge is -2.38. The monoisotopic (exact) mass is 1900 g/mol. The Morgan fingerprint density at radius 2 is 0.878 bits per heavy atom. The van der Waals surface area contributed by atoms with Gasteiger partial charge in [0.2, 0.25) is 0 Å². The molecule has 0 saturated carbocycles. The molecule has 12 rings (SSSR count). The Labute approximate surface area is 777 Å². The predicted molar refractivity (Wildman–Crippen MR) is 501 cm³/mol. The molecule has 0 radical (unpaired) electrons. The van der Waals surface area contributed by atoms with Crippen molar-refractivity contribution in [2.24, 2.45) is 0 Å². The third-order valence-electron chi connectivity index (χ3n) is 23.1. The molecule has 2 aromatic heterocycles. The van der Waals surface area contributed by atoms with Gasteiger partial charge in [-0.3, -0.25) is 59.6 Å². The van der Waals surface area contributed by atoms with Crippen LogP contribution in [0.2, 0.25) is 18.1 Å². The van der Waals surface area contributed by atoms with E-state index < -0.39 is 54.4 Å². The zero-order valence-corrected chi connectivity index (χ0v) is 79.3. The number of benzene rings is 4. The van der Waals surface area contributed by atoms with E-state index in [9.17, 15) is 63.7 Å². The van der Waals surface area contributed by atoms with Crippen LogP contribution in [0.5, 0.6) is 46.0 Å². The first kappa shape index (κ1) is 100. The number of nitrogens with zero attached hydrogens (tertiary/aromatic N) is 8. The molecule has 4 saturated heterocycles. The minimum absolute atomic E-state index is 0.0218. The molecule has 0 bridgehead atoms. The normalized spacial score (nSPS) is 17.0. The molecule has 34 nitrogen and oxygen atoms in total. The van der Waals surface area contributed by atoms with Crippen LogP contribution in [0.3, 0.4) is 0 Å². The Kier molecular flexibility index (Phi) is 35.7. The van der Waals surface area contributed by atoms with E-state index in [1.165, 1.54) is 113 Å². The molecule has 4 aromatic carbocycles. The summed E-state index contributed by atoms with van der Waals surface area (Å²) >= 11 is 0. The molecule has 4 fully saturated rings. The van der Waals surface area contributed by atoms with Crippen molar-refractivity contribution in [1.82, 2.24) is 29.6 Å². The molecule has 39 heteroatoms. The Bertz CT molecular complexity index is 5270. The highest BCUT2D eigenvalue weighted by Gasteiger charge is 2.44. The van der Waals surface area contributed by atoms with Crippen molar-refractivity contribution in [3.63, 3.8) is 0 Å². The van der Waals surface area contributed by atoms with Gasteiger partial charge in [0.25, 0.3) is 35.0 Å². The van der Waals surface area contributed by atoms with Crippen LogP contribution < -0.4 is 48.5 Å². The van der Waals surface area contributed by atoms with Crippen LogP contribution in [-0.4, -0.2) is 243 Å². The molecular weight excluding hydrogens is 1790 g/mol. The Hall–Kier alpha value is -11.4. The van der Waals surface area contributed by atoms with Crippen LogP contribution in [-0.2, 0) is 36.3 Å². The summed E-state index contributed by atoms with van der Waals surface area (Å²) in [5, 5.41) is 38.4. The van der Waals surface area contributed by atoms with Gasteiger partial charge in [0.15, 0.2) is 65.9 Å². The lowest BCUT2D eigenvalue weighted by molar-refractivity contribution is -0.385. The van der Waals surface area contributed by atoms with Gasteiger partial charge < -0.3 is 76.5 Å². The molecule has 131 heavy (non-hydrogen) atoms. The van der Waals surface area contributed by atoms with Crippen molar-refractivity contribution in [3.8, 4) is 46.0 Å². The zero-order valence-electron chi connectivity index (χ0n) is 75.1. The number of nitro groups is 2. The van der Waals surface area contributed by atoms with Crippen molar-refractivity contribution in [3.05, 3.63) is 187 Å². The second-order valence-corrected chi connectivity index (χ2v) is 43.3. The van der Waals surface area contributed by atoms with Gasteiger partial charge in [-0.05, 0) is 176 Å². The molecule has 0 spiro atoms. The number of aromatic nitrogens is 2. The van der Waals surface area contributed by atoms with Crippen molar-refractivity contribution in [2.75, 3.05) is 130 Å². The predicted octanol–water partition coefficient (Wildman–Crippen LogP) is 16.4. The van der Waals surface area contributed by atoms with Crippen LogP contribution in [0.1, 0.15) is 150 Å². The SMILES string of the molecule is C=C1C[C@@H](CO)N(C(=O)c2cc(OC)c(OCCCCCOc3cc4c(cc3OC)C(=O)N3CC(=C)C[C@H]3C(=O)C4)cc2NC(=O)OCCCSSc2ccc([N+](=O)[O-])cn2)C1.C=C1C[C@@H](CO[Si](C)(C)C(C)(C)C)N(C(=O)c2cc(OC)c(OCCCCCOc3cc4c(cc3OC)C(=O)N3CC(=C)C[C@H]3C(=O)C4)cc2NC(=O)OCCCSSc2ccc([N+](=O)[O-])cn2)C1. The topological polar surface area (TPSA) is 407 Å². The number of pyridine rings is 2. The highest BCUT2D eigenvalue weighted by molar-refractivity contribution is 8.77. The Morgan fingerprint density at radius 3 is 1.24 bits per heavy atom. The zero-order chi connectivity index (χ0) is 94.4. The highest BCUT2D eigenvalue weighted by Crippen LogP contribution is 2.44. The van der Waals surface area contributed by atoms with E-state index in [0.717, 1.165) is 28.7 Å². The van der Waals surface area contributed by atoms with Crippen LogP contribution in [0.25, 0.3) is 0 Å². The summed E-state index contributed by atoms with van der Waals surface area (Å²) < 4.78 is 64.6. The van der Waals surface area contributed by atoms with Gasteiger partial charge in [0.1, 0.15) is 22.4 Å². The number of methoxy groups -OCH3 is 4. The summed E-state index contributed by atoms with van der Waals surface area (Å²) in [6, 6.07) is 17.1. The van der Waals surface area contributed by atoms with Crippen LogP contribution in [0.15, 0.2) is 144 Å². The minimum Gasteiger partial charge on any atom is -0.493 e. The number of unbranched alkanes of at least 4 members (excludes halogenated alkanes) is 4. The maximum atomic E-state index is 14.5. The number of likely N-dealkylation sites (tertiary alicyclic amines) is 2. The number of aliphatic hydroxyl groups is 1. The van der Waals surface area contributed by atoms with E-state index >= 15 is 0 Å². The first-order chi connectivity index (χ1) is 62.7. The average molecular weight is 1900 g/mol.